The van der Waals surface area contributed by atoms with E-state index in [2.05, 4.69) is 60.2 Å². The van der Waals surface area contributed by atoms with Crippen molar-refractivity contribution in [3.63, 3.8) is 0 Å². The molecule has 1 aromatic carbocycles. The first-order valence-electron chi connectivity index (χ1n) is 7.77. The van der Waals surface area contributed by atoms with Crippen LogP contribution in [0.2, 0.25) is 0 Å². The van der Waals surface area contributed by atoms with E-state index in [1.807, 2.05) is 6.92 Å². The Morgan fingerprint density at radius 2 is 2.00 bits per heavy atom. The van der Waals surface area contributed by atoms with Gasteiger partial charge in [0.25, 0.3) is 0 Å². The molecular weight excluding hydrogens is 314 g/mol. The quantitative estimate of drug-likeness (QED) is 0.655. The Hall–Kier alpha value is -0.540. The molecule has 0 bridgehead atoms. The molecule has 20 heavy (non-hydrogen) atoms. The lowest BCUT2D eigenvalue weighted by molar-refractivity contribution is 0.324. The lowest BCUT2D eigenvalue weighted by Gasteiger charge is -2.24. The minimum atomic E-state index is 0.365. The van der Waals surface area contributed by atoms with Crippen LogP contribution in [0.25, 0.3) is 0 Å². The van der Waals surface area contributed by atoms with Crippen molar-refractivity contribution in [3.05, 3.63) is 28.2 Å². The molecule has 0 aliphatic carbocycles. The fourth-order valence-electron chi connectivity index (χ4n) is 2.29. The molecule has 0 aliphatic rings. The van der Waals surface area contributed by atoms with E-state index in [1.54, 1.807) is 0 Å². The SMILES string of the molecule is CCCNC(CC(C)CC)c1cc(Br)ccc1OCC. The van der Waals surface area contributed by atoms with Gasteiger partial charge in [-0.05, 0) is 50.4 Å². The molecule has 2 nitrogen and oxygen atoms in total. The Bertz CT molecular complexity index is 395. The summed E-state index contributed by atoms with van der Waals surface area (Å²) in [6, 6.07) is 6.68. The van der Waals surface area contributed by atoms with E-state index in [-0.39, 0.29) is 0 Å². The Labute approximate surface area is 132 Å². The fraction of sp³-hybridized carbons (Fsp3) is 0.647. The average molecular weight is 342 g/mol. The molecule has 0 saturated carbocycles. The Morgan fingerprint density at radius 1 is 1.25 bits per heavy atom. The fourth-order valence-corrected chi connectivity index (χ4v) is 2.67. The summed E-state index contributed by atoms with van der Waals surface area (Å²) >= 11 is 3.58. The van der Waals surface area contributed by atoms with Crippen LogP contribution in [0.4, 0.5) is 0 Å². The zero-order valence-corrected chi connectivity index (χ0v) is 14.8. The normalized spacial score (nSPS) is 14.1. The number of nitrogens with one attached hydrogen (secondary N) is 1. The van der Waals surface area contributed by atoms with E-state index in [4.69, 9.17) is 4.74 Å². The molecule has 2 unspecified atom stereocenters. The number of rotatable bonds is 9. The van der Waals surface area contributed by atoms with Crippen LogP contribution in [-0.2, 0) is 0 Å². The van der Waals surface area contributed by atoms with E-state index in [0.29, 0.717) is 18.6 Å². The third-order valence-electron chi connectivity index (χ3n) is 3.62. The van der Waals surface area contributed by atoms with Gasteiger partial charge in [0.2, 0.25) is 0 Å². The van der Waals surface area contributed by atoms with E-state index < -0.39 is 0 Å². The Balaban J connectivity index is 3.00. The first kappa shape index (κ1) is 17.5. The summed E-state index contributed by atoms with van der Waals surface area (Å²) in [4.78, 5) is 0. The molecule has 1 aromatic rings. The molecule has 0 saturated heterocycles. The monoisotopic (exact) mass is 341 g/mol. The van der Waals surface area contributed by atoms with Crippen molar-refractivity contribution >= 4 is 15.9 Å². The van der Waals surface area contributed by atoms with Gasteiger partial charge in [-0.3, -0.25) is 0 Å². The van der Waals surface area contributed by atoms with Crippen molar-refractivity contribution in [1.29, 1.82) is 0 Å². The second kappa shape index (κ2) is 9.41. The smallest absolute Gasteiger partial charge is 0.124 e. The molecule has 0 spiro atoms. The lowest BCUT2D eigenvalue weighted by Crippen LogP contribution is -2.24. The van der Waals surface area contributed by atoms with Crippen molar-refractivity contribution in [3.8, 4) is 5.75 Å². The molecule has 1 N–H and O–H groups in total. The second-order valence-corrected chi connectivity index (χ2v) is 6.29. The highest BCUT2D eigenvalue weighted by molar-refractivity contribution is 9.10. The Morgan fingerprint density at radius 3 is 2.60 bits per heavy atom. The molecule has 0 radical (unpaired) electrons. The molecule has 0 fully saturated rings. The second-order valence-electron chi connectivity index (χ2n) is 5.37. The lowest BCUT2D eigenvalue weighted by atomic mass is 9.93. The van der Waals surface area contributed by atoms with Crippen molar-refractivity contribution < 1.29 is 4.74 Å². The van der Waals surface area contributed by atoms with Crippen molar-refractivity contribution in [2.75, 3.05) is 13.2 Å². The molecule has 0 amide bonds. The molecule has 114 valence electrons. The first-order valence-corrected chi connectivity index (χ1v) is 8.57. The van der Waals surface area contributed by atoms with Gasteiger partial charge in [-0.15, -0.1) is 0 Å². The van der Waals surface area contributed by atoms with Gasteiger partial charge in [-0.1, -0.05) is 43.1 Å². The summed E-state index contributed by atoms with van der Waals surface area (Å²) in [6.45, 7) is 10.6. The predicted octanol–water partition coefficient (Wildman–Crippen LogP) is 5.32. The predicted molar refractivity (Wildman–Crippen MR) is 90.4 cm³/mol. The summed E-state index contributed by atoms with van der Waals surface area (Å²) < 4.78 is 6.92. The maximum absolute atomic E-state index is 5.81. The topological polar surface area (TPSA) is 21.3 Å². The number of halogens is 1. The maximum atomic E-state index is 5.81. The zero-order chi connectivity index (χ0) is 15.0. The van der Waals surface area contributed by atoms with E-state index in [9.17, 15) is 0 Å². The minimum Gasteiger partial charge on any atom is -0.494 e. The highest BCUT2D eigenvalue weighted by Gasteiger charge is 2.18. The molecule has 1 rings (SSSR count). The summed E-state index contributed by atoms with van der Waals surface area (Å²) in [5.41, 5.74) is 1.27. The van der Waals surface area contributed by atoms with Gasteiger partial charge >= 0.3 is 0 Å². The molecule has 0 heterocycles. The maximum Gasteiger partial charge on any atom is 0.124 e. The summed E-state index contributed by atoms with van der Waals surface area (Å²) in [5, 5.41) is 3.68. The van der Waals surface area contributed by atoms with Crippen LogP contribution in [0.5, 0.6) is 5.75 Å². The minimum absolute atomic E-state index is 0.365. The van der Waals surface area contributed by atoms with Gasteiger partial charge in [0.1, 0.15) is 5.75 Å². The van der Waals surface area contributed by atoms with Crippen LogP contribution in [0.3, 0.4) is 0 Å². The van der Waals surface area contributed by atoms with Crippen molar-refractivity contribution in [2.24, 2.45) is 5.92 Å². The molecule has 3 heteroatoms. The molecule has 0 aromatic heterocycles. The summed E-state index contributed by atoms with van der Waals surface area (Å²) in [5.74, 6) is 1.71. The highest BCUT2D eigenvalue weighted by Crippen LogP contribution is 2.32. The van der Waals surface area contributed by atoms with Gasteiger partial charge in [0.15, 0.2) is 0 Å². The zero-order valence-electron chi connectivity index (χ0n) is 13.2. The first-order chi connectivity index (χ1) is 9.62. The molecular formula is C17H28BrNO. The van der Waals surface area contributed by atoms with Gasteiger partial charge < -0.3 is 10.1 Å². The van der Waals surface area contributed by atoms with E-state index >= 15 is 0 Å². The average Bonchev–Trinajstić information content (AvgIpc) is 2.45. The summed E-state index contributed by atoms with van der Waals surface area (Å²) in [6.07, 6.45) is 3.50. The largest absolute Gasteiger partial charge is 0.494 e. The van der Waals surface area contributed by atoms with Crippen LogP contribution in [-0.4, -0.2) is 13.2 Å². The van der Waals surface area contributed by atoms with Crippen LogP contribution >= 0.6 is 15.9 Å². The van der Waals surface area contributed by atoms with E-state index in [0.717, 1.165) is 29.6 Å². The van der Waals surface area contributed by atoms with Gasteiger partial charge in [-0.2, -0.15) is 0 Å². The van der Waals surface area contributed by atoms with Gasteiger partial charge in [0.05, 0.1) is 6.61 Å². The number of hydrogen-bond donors (Lipinski definition) is 1. The van der Waals surface area contributed by atoms with Crippen molar-refractivity contribution in [2.45, 2.75) is 53.0 Å². The number of ether oxygens (including phenoxy) is 1. The number of benzene rings is 1. The Kier molecular flexibility index (Phi) is 8.24. The van der Waals surface area contributed by atoms with Crippen LogP contribution in [0.1, 0.15) is 58.6 Å². The molecule has 2 atom stereocenters. The van der Waals surface area contributed by atoms with Crippen LogP contribution in [0.15, 0.2) is 22.7 Å². The summed E-state index contributed by atoms with van der Waals surface area (Å²) in [7, 11) is 0. The van der Waals surface area contributed by atoms with Gasteiger partial charge in [0, 0.05) is 16.1 Å². The van der Waals surface area contributed by atoms with Crippen molar-refractivity contribution in [1.82, 2.24) is 5.32 Å². The third kappa shape index (κ3) is 5.45. The highest BCUT2D eigenvalue weighted by atomic mass is 79.9. The molecule has 0 aliphatic heterocycles. The van der Waals surface area contributed by atoms with Crippen LogP contribution in [0, 0.1) is 5.92 Å². The standard InChI is InChI=1S/C17H28BrNO/c1-5-10-19-16(11-13(4)6-2)15-12-14(18)8-9-17(15)20-7-3/h8-9,12-13,16,19H,5-7,10-11H2,1-4H3. The third-order valence-corrected chi connectivity index (χ3v) is 4.12. The van der Waals surface area contributed by atoms with Gasteiger partial charge in [-0.25, -0.2) is 0 Å². The van der Waals surface area contributed by atoms with E-state index in [1.165, 1.54) is 12.0 Å². The van der Waals surface area contributed by atoms with Crippen LogP contribution < -0.4 is 10.1 Å². The number of hydrogen-bond acceptors (Lipinski definition) is 2.